The topological polar surface area (TPSA) is 25.2 Å². The molecule has 2 aliphatic carbocycles. The Bertz CT molecular complexity index is 336. The van der Waals surface area contributed by atoms with Gasteiger partial charge in [0, 0.05) is 6.04 Å². The fraction of sp³-hybridized carbons (Fsp3) is 0.636. The minimum atomic E-state index is 0.754. The monoisotopic (exact) mass is 255 g/mol. The zero-order valence-corrected chi connectivity index (χ0v) is 9.59. The van der Waals surface area contributed by atoms with E-state index in [0.717, 1.165) is 34.9 Å². The lowest BCUT2D eigenvalue weighted by atomic mass is 10.2. The van der Waals surface area contributed by atoms with Crippen LogP contribution in [0.3, 0.4) is 0 Å². The van der Waals surface area contributed by atoms with Crippen LogP contribution >= 0.6 is 15.9 Å². The lowest BCUT2D eigenvalue weighted by Crippen LogP contribution is -2.28. The number of fused-ring (bicyclic) bond motifs is 1. The third-order valence-electron chi connectivity index (χ3n) is 3.51. The van der Waals surface area contributed by atoms with E-state index in [-0.39, 0.29) is 0 Å². The van der Waals surface area contributed by atoms with E-state index in [9.17, 15) is 0 Å². The molecule has 2 aliphatic rings. The van der Waals surface area contributed by atoms with Crippen LogP contribution in [0.2, 0.25) is 0 Å². The summed E-state index contributed by atoms with van der Waals surface area (Å²) in [6, 6.07) is 4.73. The van der Waals surface area contributed by atoms with Crippen LogP contribution < -0.4 is 5.32 Å². The molecule has 3 unspecified atom stereocenters. The summed E-state index contributed by atoms with van der Waals surface area (Å²) in [5, 5.41) is 3.59. The molecule has 1 N–H and O–H groups in total. The first kappa shape index (κ1) is 8.98. The molecular formula is C11H14BrNO. The molecule has 0 radical (unpaired) electrons. The second-order valence-electron chi connectivity index (χ2n) is 4.43. The molecule has 3 atom stereocenters. The highest BCUT2D eigenvalue weighted by Crippen LogP contribution is 2.51. The standard InChI is InChI=1S/C11H14BrNO/c12-11-4-2-8(14-11)6-13-10-3-1-7-5-9(7)10/h2,4,7,9-10,13H,1,3,5-6H2. The van der Waals surface area contributed by atoms with E-state index < -0.39 is 0 Å². The Morgan fingerprint density at radius 3 is 2.93 bits per heavy atom. The van der Waals surface area contributed by atoms with Crippen molar-refractivity contribution in [3.63, 3.8) is 0 Å². The van der Waals surface area contributed by atoms with Crippen molar-refractivity contribution in [1.82, 2.24) is 5.32 Å². The third kappa shape index (κ3) is 1.63. The molecule has 14 heavy (non-hydrogen) atoms. The molecule has 76 valence electrons. The summed E-state index contributed by atoms with van der Waals surface area (Å²) < 4.78 is 6.27. The summed E-state index contributed by atoms with van der Waals surface area (Å²) in [7, 11) is 0. The van der Waals surface area contributed by atoms with E-state index in [1.807, 2.05) is 12.1 Å². The Labute approximate surface area is 92.2 Å². The Kier molecular flexibility index (Phi) is 2.17. The van der Waals surface area contributed by atoms with Gasteiger partial charge < -0.3 is 9.73 Å². The highest BCUT2D eigenvalue weighted by atomic mass is 79.9. The normalized spacial score (nSPS) is 34.5. The maximum absolute atomic E-state index is 5.45. The molecule has 0 amide bonds. The van der Waals surface area contributed by atoms with Crippen LogP contribution in [0.5, 0.6) is 0 Å². The van der Waals surface area contributed by atoms with Gasteiger partial charge in [-0.2, -0.15) is 0 Å². The van der Waals surface area contributed by atoms with E-state index in [2.05, 4.69) is 21.2 Å². The highest BCUT2D eigenvalue weighted by molar-refractivity contribution is 9.10. The highest BCUT2D eigenvalue weighted by Gasteiger charge is 2.47. The van der Waals surface area contributed by atoms with Gasteiger partial charge in [-0.3, -0.25) is 0 Å². The molecule has 1 heterocycles. The molecule has 2 fully saturated rings. The van der Waals surface area contributed by atoms with Crippen LogP contribution in [-0.2, 0) is 6.54 Å². The minimum Gasteiger partial charge on any atom is -0.453 e. The molecular weight excluding hydrogens is 242 g/mol. The number of nitrogens with one attached hydrogen (secondary N) is 1. The minimum absolute atomic E-state index is 0.754. The quantitative estimate of drug-likeness (QED) is 0.899. The van der Waals surface area contributed by atoms with Gasteiger partial charge in [0.2, 0.25) is 0 Å². The van der Waals surface area contributed by atoms with Crippen LogP contribution in [0.4, 0.5) is 0 Å². The van der Waals surface area contributed by atoms with Crippen molar-refractivity contribution in [3.05, 3.63) is 22.6 Å². The van der Waals surface area contributed by atoms with Gasteiger partial charge in [-0.15, -0.1) is 0 Å². The van der Waals surface area contributed by atoms with Crippen molar-refractivity contribution in [2.75, 3.05) is 0 Å². The Balaban J connectivity index is 1.54. The number of furan rings is 1. The Morgan fingerprint density at radius 2 is 2.36 bits per heavy atom. The number of hydrogen-bond acceptors (Lipinski definition) is 2. The maximum atomic E-state index is 5.45. The molecule has 0 aliphatic heterocycles. The zero-order valence-electron chi connectivity index (χ0n) is 8.00. The average molecular weight is 256 g/mol. The van der Waals surface area contributed by atoms with Gasteiger partial charge in [-0.1, -0.05) is 0 Å². The zero-order chi connectivity index (χ0) is 9.54. The van der Waals surface area contributed by atoms with Crippen LogP contribution in [0.1, 0.15) is 25.0 Å². The summed E-state index contributed by atoms with van der Waals surface area (Å²) in [4.78, 5) is 0. The summed E-state index contributed by atoms with van der Waals surface area (Å²) in [6.45, 7) is 0.874. The lowest BCUT2D eigenvalue weighted by molar-refractivity contribution is 0.416. The molecule has 1 aromatic rings. The van der Waals surface area contributed by atoms with Gasteiger partial charge in [0.15, 0.2) is 4.67 Å². The fourth-order valence-corrected chi connectivity index (χ4v) is 2.98. The summed E-state index contributed by atoms with van der Waals surface area (Å²) in [6.07, 6.45) is 4.25. The van der Waals surface area contributed by atoms with Crippen molar-refractivity contribution in [1.29, 1.82) is 0 Å². The number of rotatable bonds is 3. The second kappa shape index (κ2) is 3.38. The van der Waals surface area contributed by atoms with Gasteiger partial charge in [-0.25, -0.2) is 0 Å². The van der Waals surface area contributed by atoms with Crippen molar-refractivity contribution < 1.29 is 4.42 Å². The molecule has 3 heteroatoms. The molecule has 0 spiro atoms. The van der Waals surface area contributed by atoms with Crippen molar-refractivity contribution in [3.8, 4) is 0 Å². The van der Waals surface area contributed by atoms with Gasteiger partial charge in [-0.05, 0) is 59.2 Å². The predicted molar refractivity (Wildman–Crippen MR) is 57.9 cm³/mol. The van der Waals surface area contributed by atoms with Gasteiger partial charge in [0.25, 0.3) is 0 Å². The number of hydrogen-bond donors (Lipinski definition) is 1. The smallest absolute Gasteiger partial charge is 0.169 e. The first-order valence-electron chi connectivity index (χ1n) is 5.30. The van der Waals surface area contributed by atoms with Crippen molar-refractivity contribution in [2.24, 2.45) is 11.8 Å². The van der Waals surface area contributed by atoms with Crippen molar-refractivity contribution >= 4 is 15.9 Å². The summed E-state index contributed by atoms with van der Waals surface area (Å²) in [5.74, 6) is 3.06. The summed E-state index contributed by atoms with van der Waals surface area (Å²) >= 11 is 3.31. The Morgan fingerprint density at radius 1 is 1.43 bits per heavy atom. The van der Waals surface area contributed by atoms with Crippen LogP contribution in [0.25, 0.3) is 0 Å². The van der Waals surface area contributed by atoms with Gasteiger partial charge in [0.1, 0.15) is 5.76 Å². The molecule has 0 aromatic carbocycles. The van der Waals surface area contributed by atoms with E-state index in [0.29, 0.717) is 0 Å². The van der Waals surface area contributed by atoms with E-state index in [4.69, 9.17) is 4.42 Å². The first-order valence-corrected chi connectivity index (χ1v) is 6.10. The predicted octanol–water partition coefficient (Wildman–Crippen LogP) is 2.93. The molecule has 3 rings (SSSR count). The largest absolute Gasteiger partial charge is 0.453 e. The first-order chi connectivity index (χ1) is 6.83. The van der Waals surface area contributed by atoms with Gasteiger partial charge in [0.05, 0.1) is 6.54 Å². The Hall–Kier alpha value is -0.280. The maximum Gasteiger partial charge on any atom is 0.169 e. The van der Waals surface area contributed by atoms with Crippen LogP contribution in [0.15, 0.2) is 21.2 Å². The van der Waals surface area contributed by atoms with E-state index in [1.165, 1.54) is 19.3 Å². The van der Waals surface area contributed by atoms with E-state index >= 15 is 0 Å². The SMILES string of the molecule is Brc1ccc(CNC2CCC3CC32)o1. The van der Waals surface area contributed by atoms with E-state index in [1.54, 1.807) is 0 Å². The average Bonchev–Trinajstić information content (AvgIpc) is 2.66. The summed E-state index contributed by atoms with van der Waals surface area (Å²) in [5.41, 5.74) is 0. The molecule has 2 nitrogen and oxygen atoms in total. The van der Waals surface area contributed by atoms with Crippen LogP contribution in [-0.4, -0.2) is 6.04 Å². The second-order valence-corrected chi connectivity index (χ2v) is 5.21. The fourth-order valence-electron chi connectivity index (χ4n) is 2.64. The third-order valence-corrected chi connectivity index (χ3v) is 3.94. The number of halogens is 1. The van der Waals surface area contributed by atoms with Gasteiger partial charge >= 0.3 is 0 Å². The van der Waals surface area contributed by atoms with Crippen molar-refractivity contribution in [2.45, 2.75) is 31.8 Å². The molecule has 0 saturated heterocycles. The molecule has 2 saturated carbocycles. The van der Waals surface area contributed by atoms with Crippen LogP contribution in [0, 0.1) is 11.8 Å². The lowest BCUT2D eigenvalue weighted by Gasteiger charge is -2.12. The molecule has 0 bridgehead atoms. The molecule has 1 aromatic heterocycles.